The molecule has 0 saturated heterocycles. The molecule has 0 aliphatic rings. The van der Waals surface area contributed by atoms with E-state index in [0.29, 0.717) is 5.69 Å². The summed E-state index contributed by atoms with van der Waals surface area (Å²) < 4.78 is 15.4. The average molecular weight is 271 g/mol. The Morgan fingerprint density at radius 3 is 2.73 bits per heavy atom. The van der Waals surface area contributed by atoms with Gasteiger partial charge in [-0.05, 0) is 28.9 Å². The second-order valence-corrected chi connectivity index (χ2v) is 3.87. The number of hydrogen-bond donors (Lipinski definition) is 0. The van der Waals surface area contributed by atoms with Gasteiger partial charge in [-0.25, -0.2) is 14.4 Å². The lowest BCUT2D eigenvalue weighted by molar-refractivity contribution is 0.607. The van der Waals surface area contributed by atoms with Gasteiger partial charge in [-0.3, -0.25) is 4.68 Å². The van der Waals surface area contributed by atoms with Gasteiger partial charge in [0.25, 0.3) is 0 Å². The molecule has 0 bridgehead atoms. The number of hydrogen-bond acceptors (Lipinski definition) is 3. The van der Waals surface area contributed by atoms with E-state index >= 15 is 0 Å². The molecule has 4 nitrogen and oxygen atoms in total. The largest absolute Gasteiger partial charge is 0.272 e. The Balaban J connectivity index is 2.59. The minimum atomic E-state index is -0.490. The molecule has 2 heterocycles. The van der Waals surface area contributed by atoms with E-state index in [4.69, 9.17) is 0 Å². The smallest absolute Gasteiger partial charge is 0.183 e. The van der Waals surface area contributed by atoms with Crippen molar-refractivity contribution in [1.29, 1.82) is 0 Å². The van der Waals surface area contributed by atoms with E-state index < -0.39 is 5.82 Å². The molecule has 0 amide bonds. The van der Waals surface area contributed by atoms with Gasteiger partial charge in [0.15, 0.2) is 5.82 Å². The molecule has 0 fully saturated rings. The van der Waals surface area contributed by atoms with Crippen LogP contribution in [0.25, 0.3) is 11.4 Å². The van der Waals surface area contributed by atoms with Crippen LogP contribution in [0.15, 0.2) is 17.0 Å². The predicted molar refractivity (Wildman–Crippen MR) is 56.6 cm³/mol. The number of aromatic nitrogens is 4. The molecular weight excluding hydrogens is 263 g/mol. The molecule has 0 spiro atoms. The van der Waals surface area contributed by atoms with Crippen LogP contribution in [-0.2, 0) is 7.05 Å². The zero-order valence-corrected chi connectivity index (χ0v) is 9.79. The molecule has 0 radical (unpaired) electrons. The Kier molecular flexibility index (Phi) is 2.52. The van der Waals surface area contributed by atoms with Crippen molar-refractivity contribution in [3.8, 4) is 11.4 Å². The van der Waals surface area contributed by atoms with Crippen LogP contribution in [0, 0.1) is 12.7 Å². The molecule has 6 heteroatoms. The van der Waals surface area contributed by atoms with Gasteiger partial charge >= 0.3 is 0 Å². The molecule has 2 rings (SSSR count). The maximum absolute atomic E-state index is 13.6. The van der Waals surface area contributed by atoms with Crippen molar-refractivity contribution in [3.05, 3.63) is 28.5 Å². The number of aryl methyl sites for hydroxylation is 2. The summed E-state index contributed by atoms with van der Waals surface area (Å²) in [6.45, 7) is 1.89. The van der Waals surface area contributed by atoms with E-state index in [1.165, 1.54) is 6.33 Å². The van der Waals surface area contributed by atoms with Crippen LogP contribution in [0.5, 0.6) is 0 Å². The highest BCUT2D eigenvalue weighted by Crippen LogP contribution is 2.23. The molecule has 0 atom stereocenters. The van der Waals surface area contributed by atoms with Gasteiger partial charge in [0.1, 0.15) is 22.3 Å². The van der Waals surface area contributed by atoms with Crippen LogP contribution in [-0.4, -0.2) is 19.7 Å². The molecule has 0 saturated carbocycles. The molecule has 0 N–H and O–H groups in total. The van der Waals surface area contributed by atoms with Crippen molar-refractivity contribution in [3.63, 3.8) is 0 Å². The van der Waals surface area contributed by atoms with Gasteiger partial charge in [-0.1, -0.05) is 0 Å². The summed E-state index contributed by atoms with van der Waals surface area (Å²) >= 11 is 3.01. The number of nitrogens with zero attached hydrogens (tertiary/aromatic N) is 4. The molecule has 0 aliphatic heterocycles. The van der Waals surface area contributed by atoms with Crippen LogP contribution < -0.4 is 0 Å². The van der Waals surface area contributed by atoms with Gasteiger partial charge in [0, 0.05) is 12.7 Å². The van der Waals surface area contributed by atoms with Crippen LogP contribution in [0.2, 0.25) is 0 Å². The van der Waals surface area contributed by atoms with Gasteiger partial charge in [0.05, 0.1) is 0 Å². The monoisotopic (exact) mass is 270 g/mol. The van der Waals surface area contributed by atoms with E-state index in [9.17, 15) is 4.39 Å². The summed E-state index contributed by atoms with van der Waals surface area (Å²) in [4.78, 5) is 7.56. The zero-order chi connectivity index (χ0) is 11.0. The standard InChI is InChI=1S/C9H8BrFN4/c1-5-3-6(14-15(5)2)8-7(11)9(10)13-4-12-8/h3-4H,1-2H3. The van der Waals surface area contributed by atoms with E-state index in [1.54, 1.807) is 17.8 Å². The second-order valence-electron chi connectivity index (χ2n) is 3.12. The minimum absolute atomic E-state index is 0.149. The van der Waals surface area contributed by atoms with Crippen molar-refractivity contribution in [2.24, 2.45) is 7.05 Å². The molecule has 0 aromatic carbocycles. The molecule has 78 valence electrons. The van der Waals surface area contributed by atoms with Crippen LogP contribution >= 0.6 is 15.9 Å². The normalized spacial score (nSPS) is 10.7. The summed E-state index contributed by atoms with van der Waals surface area (Å²) in [5.41, 5.74) is 1.66. The third kappa shape index (κ3) is 1.77. The van der Waals surface area contributed by atoms with Crippen molar-refractivity contribution in [1.82, 2.24) is 19.7 Å². The molecule has 0 aliphatic carbocycles. The first-order valence-corrected chi connectivity index (χ1v) is 5.06. The lowest BCUT2D eigenvalue weighted by Gasteiger charge is -1.98. The molecule has 2 aromatic heterocycles. The van der Waals surface area contributed by atoms with Crippen LogP contribution in [0.3, 0.4) is 0 Å². The summed E-state index contributed by atoms with van der Waals surface area (Å²) in [5, 5.41) is 4.15. The lowest BCUT2D eigenvalue weighted by atomic mass is 10.3. The predicted octanol–water partition coefficient (Wildman–Crippen LogP) is 2.09. The highest BCUT2D eigenvalue weighted by Gasteiger charge is 2.14. The SMILES string of the molecule is Cc1cc(-c2ncnc(Br)c2F)nn1C. The highest BCUT2D eigenvalue weighted by molar-refractivity contribution is 9.10. The maximum Gasteiger partial charge on any atom is 0.183 e. The third-order valence-electron chi connectivity index (χ3n) is 2.10. The first-order chi connectivity index (χ1) is 7.09. The van der Waals surface area contributed by atoms with E-state index in [0.717, 1.165) is 5.69 Å². The fourth-order valence-electron chi connectivity index (χ4n) is 1.20. The first-order valence-electron chi connectivity index (χ1n) is 4.26. The highest BCUT2D eigenvalue weighted by atomic mass is 79.9. The Morgan fingerprint density at radius 1 is 1.40 bits per heavy atom. The van der Waals surface area contributed by atoms with E-state index in [1.807, 2.05) is 6.92 Å². The zero-order valence-electron chi connectivity index (χ0n) is 8.20. The fourth-order valence-corrected chi connectivity index (χ4v) is 1.48. The van der Waals surface area contributed by atoms with Crippen LogP contribution in [0.1, 0.15) is 5.69 Å². The fraction of sp³-hybridized carbons (Fsp3) is 0.222. The summed E-state index contributed by atoms with van der Waals surface area (Å²) in [6, 6.07) is 1.78. The van der Waals surface area contributed by atoms with Gasteiger partial charge in [-0.15, -0.1) is 0 Å². The summed E-state index contributed by atoms with van der Waals surface area (Å²) in [6.07, 6.45) is 1.30. The maximum atomic E-state index is 13.6. The Hall–Kier alpha value is -1.30. The van der Waals surface area contributed by atoms with Crippen molar-refractivity contribution >= 4 is 15.9 Å². The Labute approximate surface area is 94.3 Å². The topological polar surface area (TPSA) is 43.6 Å². The minimum Gasteiger partial charge on any atom is -0.272 e. The molecule has 15 heavy (non-hydrogen) atoms. The van der Waals surface area contributed by atoms with E-state index in [-0.39, 0.29) is 10.3 Å². The van der Waals surface area contributed by atoms with Crippen molar-refractivity contribution in [2.75, 3.05) is 0 Å². The van der Waals surface area contributed by atoms with E-state index in [2.05, 4.69) is 31.0 Å². The third-order valence-corrected chi connectivity index (χ3v) is 2.66. The van der Waals surface area contributed by atoms with Gasteiger partial charge < -0.3 is 0 Å². The first kappa shape index (κ1) is 10.2. The summed E-state index contributed by atoms with van der Waals surface area (Å²) in [5.74, 6) is -0.490. The number of halogens is 2. The van der Waals surface area contributed by atoms with Gasteiger partial charge in [0.2, 0.25) is 0 Å². The van der Waals surface area contributed by atoms with Gasteiger partial charge in [-0.2, -0.15) is 5.10 Å². The van der Waals surface area contributed by atoms with Crippen molar-refractivity contribution in [2.45, 2.75) is 6.92 Å². The average Bonchev–Trinajstić information content (AvgIpc) is 2.51. The second kappa shape index (κ2) is 3.69. The summed E-state index contributed by atoms with van der Waals surface area (Å²) in [7, 11) is 1.80. The van der Waals surface area contributed by atoms with Crippen LogP contribution in [0.4, 0.5) is 4.39 Å². The molecular formula is C9H8BrFN4. The number of rotatable bonds is 1. The molecule has 0 unspecified atom stereocenters. The Morgan fingerprint density at radius 2 is 2.13 bits per heavy atom. The quantitative estimate of drug-likeness (QED) is 0.746. The Bertz CT molecular complexity index is 489. The molecule has 2 aromatic rings. The van der Waals surface area contributed by atoms with Crippen molar-refractivity contribution < 1.29 is 4.39 Å². The lowest BCUT2D eigenvalue weighted by Crippen LogP contribution is -1.96.